The van der Waals surface area contributed by atoms with Crippen molar-refractivity contribution in [2.24, 2.45) is 9.98 Å². The van der Waals surface area contributed by atoms with E-state index in [2.05, 4.69) is 97.3 Å². The SMILES string of the molecule is CSC1(C[P+](c2ccccc2)(c2ccccc2)c2ccccc2)N=CC(C)=N1. The van der Waals surface area contributed by atoms with Crippen molar-refractivity contribution in [1.29, 1.82) is 0 Å². The zero-order valence-corrected chi connectivity index (χ0v) is 17.9. The zero-order chi connectivity index (χ0) is 19.5. The maximum Gasteiger partial charge on any atom is 0.232 e. The number of hydrogen-bond acceptors (Lipinski definition) is 3. The molecule has 0 saturated heterocycles. The van der Waals surface area contributed by atoms with Gasteiger partial charge in [-0.1, -0.05) is 54.6 Å². The summed E-state index contributed by atoms with van der Waals surface area (Å²) in [6, 6.07) is 32.8. The molecule has 0 N–H and O–H groups in total. The smallest absolute Gasteiger partial charge is 0.232 e. The maximum absolute atomic E-state index is 4.98. The minimum Gasteiger partial charge on any atom is -0.248 e. The molecule has 0 spiro atoms. The molecule has 0 amide bonds. The van der Waals surface area contributed by atoms with Crippen molar-refractivity contribution in [2.45, 2.75) is 11.9 Å². The lowest BCUT2D eigenvalue weighted by Crippen LogP contribution is -2.39. The van der Waals surface area contributed by atoms with Crippen LogP contribution in [0.25, 0.3) is 0 Å². The highest BCUT2D eigenvalue weighted by Gasteiger charge is 2.52. The molecule has 2 nitrogen and oxygen atoms in total. The highest BCUT2D eigenvalue weighted by Crippen LogP contribution is 2.59. The van der Waals surface area contributed by atoms with Gasteiger partial charge in [-0.3, -0.25) is 0 Å². The van der Waals surface area contributed by atoms with E-state index in [1.54, 1.807) is 11.8 Å². The van der Waals surface area contributed by atoms with E-state index in [1.165, 1.54) is 15.9 Å². The van der Waals surface area contributed by atoms with E-state index in [0.717, 1.165) is 11.9 Å². The van der Waals surface area contributed by atoms with E-state index in [1.807, 2.05) is 13.1 Å². The molecule has 1 unspecified atom stereocenters. The van der Waals surface area contributed by atoms with Gasteiger partial charge in [-0.2, -0.15) is 0 Å². The van der Waals surface area contributed by atoms with E-state index >= 15 is 0 Å². The lowest BCUT2D eigenvalue weighted by molar-refractivity contribution is 0.752. The Hall–Kier alpha value is -2.22. The molecule has 140 valence electrons. The summed E-state index contributed by atoms with van der Waals surface area (Å²) in [5.74, 6) is 0. The summed E-state index contributed by atoms with van der Waals surface area (Å²) in [6.07, 6.45) is 4.91. The fourth-order valence-electron chi connectivity index (χ4n) is 3.84. The van der Waals surface area contributed by atoms with Crippen molar-refractivity contribution < 1.29 is 0 Å². The Bertz CT molecular complexity index is 890. The number of benzene rings is 3. The van der Waals surface area contributed by atoms with Crippen LogP contribution in [0.5, 0.6) is 0 Å². The van der Waals surface area contributed by atoms with Gasteiger partial charge < -0.3 is 0 Å². The first-order chi connectivity index (χ1) is 13.7. The van der Waals surface area contributed by atoms with Gasteiger partial charge in [0.25, 0.3) is 0 Å². The Balaban J connectivity index is 2.01. The summed E-state index contributed by atoms with van der Waals surface area (Å²) in [7, 11) is -1.95. The van der Waals surface area contributed by atoms with E-state index in [4.69, 9.17) is 9.98 Å². The number of hydrogen-bond donors (Lipinski definition) is 0. The lowest BCUT2D eigenvalue weighted by atomic mass is 10.4. The second-order valence-corrected chi connectivity index (χ2v) is 11.5. The number of thioether (sulfide) groups is 1. The first-order valence-electron chi connectivity index (χ1n) is 9.40. The molecule has 0 saturated carbocycles. The Labute approximate surface area is 172 Å². The van der Waals surface area contributed by atoms with Gasteiger partial charge in [0.1, 0.15) is 29.3 Å². The van der Waals surface area contributed by atoms with E-state index in [0.29, 0.717) is 0 Å². The van der Waals surface area contributed by atoms with Crippen LogP contribution in [0.1, 0.15) is 6.92 Å². The second kappa shape index (κ2) is 8.03. The highest BCUT2D eigenvalue weighted by molar-refractivity contribution is 8.02. The van der Waals surface area contributed by atoms with Crippen LogP contribution >= 0.6 is 19.0 Å². The summed E-state index contributed by atoms with van der Waals surface area (Å²) in [5, 5.41) is 4.11. The Morgan fingerprint density at radius 2 is 1.18 bits per heavy atom. The molecule has 0 aliphatic carbocycles. The third-order valence-corrected chi connectivity index (χ3v) is 10.8. The van der Waals surface area contributed by atoms with Crippen LogP contribution in [0.3, 0.4) is 0 Å². The van der Waals surface area contributed by atoms with Gasteiger partial charge in [0, 0.05) is 6.21 Å². The molecule has 1 aliphatic rings. The van der Waals surface area contributed by atoms with Crippen LogP contribution in [-0.4, -0.2) is 29.3 Å². The average Bonchev–Trinajstić information content (AvgIpc) is 3.15. The summed E-state index contributed by atoms with van der Waals surface area (Å²) in [4.78, 5) is 9.40. The summed E-state index contributed by atoms with van der Waals surface area (Å²) in [5.41, 5.74) is 1.00. The minimum atomic E-state index is -1.95. The predicted molar refractivity (Wildman–Crippen MR) is 128 cm³/mol. The molecule has 0 radical (unpaired) electrons. The van der Waals surface area contributed by atoms with Gasteiger partial charge in [0.15, 0.2) is 0 Å². The summed E-state index contributed by atoms with van der Waals surface area (Å²) < 4.78 is 0. The van der Waals surface area contributed by atoms with Crippen molar-refractivity contribution >= 4 is 46.9 Å². The van der Waals surface area contributed by atoms with Crippen LogP contribution in [0, 0.1) is 0 Å². The number of rotatable bonds is 6. The van der Waals surface area contributed by atoms with Crippen molar-refractivity contribution in [3.05, 3.63) is 91.0 Å². The molecule has 3 aromatic rings. The minimum absolute atomic E-state index is 0.473. The van der Waals surface area contributed by atoms with Gasteiger partial charge in [0.05, 0.1) is 5.71 Å². The fourth-order valence-corrected chi connectivity index (χ4v) is 9.59. The van der Waals surface area contributed by atoms with Crippen molar-refractivity contribution in [2.75, 3.05) is 12.4 Å². The lowest BCUT2D eigenvalue weighted by Gasteiger charge is -2.32. The molecule has 28 heavy (non-hydrogen) atoms. The summed E-state index contributed by atoms with van der Waals surface area (Å²) in [6.45, 7) is 2.04. The Morgan fingerprint density at radius 1 is 0.750 bits per heavy atom. The molecule has 3 aromatic carbocycles. The van der Waals surface area contributed by atoms with Gasteiger partial charge >= 0.3 is 0 Å². The number of nitrogens with zero attached hydrogens (tertiary/aromatic N) is 2. The fraction of sp³-hybridized carbons (Fsp3) is 0.167. The first kappa shape index (κ1) is 19.1. The molecule has 4 rings (SSSR count). The maximum atomic E-state index is 4.98. The molecular weight excluding hydrogens is 379 g/mol. The quantitative estimate of drug-likeness (QED) is 0.555. The topological polar surface area (TPSA) is 24.7 Å². The van der Waals surface area contributed by atoms with Crippen molar-refractivity contribution in [3.8, 4) is 0 Å². The van der Waals surface area contributed by atoms with Crippen molar-refractivity contribution in [3.63, 3.8) is 0 Å². The van der Waals surface area contributed by atoms with Gasteiger partial charge in [0.2, 0.25) is 4.99 Å². The molecule has 0 fully saturated rings. The standard InChI is InChI=1S/C24H24N2PS/c1-20-18-25-24(26-20,28-2)19-27(21-12-6-3-7-13-21,22-14-8-4-9-15-22)23-16-10-5-11-17-23/h3-18H,19H2,1-2H3/q+1. The van der Waals surface area contributed by atoms with E-state index in [-0.39, 0.29) is 0 Å². The molecule has 1 aliphatic heterocycles. The zero-order valence-electron chi connectivity index (χ0n) is 16.2. The van der Waals surface area contributed by atoms with Crippen LogP contribution < -0.4 is 15.9 Å². The monoisotopic (exact) mass is 403 g/mol. The molecule has 0 bridgehead atoms. The predicted octanol–water partition coefficient (Wildman–Crippen LogP) is 4.54. The van der Waals surface area contributed by atoms with Crippen LogP contribution in [0.4, 0.5) is 0 Å². The van der Waals surface area contributed by atoms with Gasteiger partial charge in [-0.15, -0.1) is 11.8 Å². The van der Waals surface area contributed by atoms with Gasteiger partial charge in [-0.25, -0.2) is 9.98 Å². The Kier molecular flexibility index (Phi) is 5.48. The highest BCUT2D eigenvalue weighted by atomic mass is 32.2. The average molecular weight is 404 g/mol. The second-order valence-electron chi connectivity index (χ2n) is 6.93. The molecule has 4 heteroatoms. The number of aliphatic imine (C=N–C) groups is 2. The van der Waals surface area contributed by atoms with Gasteiger partial charge in [-0.05, 0) is 49.6 Å². The van der Waals surface area contributed by atoms with E-state index < -0.39 is 12.3 Å². The molecule has 1 atom stereocenters. The summed E-state index contributed by atoms with van der Waals surface area (Å²) >= 11 is 1.74. The first-order valence-corrected chi connectivity index (χ1v) is 12.6. The van der Waals surface area contributed by atoms with E-state index in [9.17, 15) is 0 Å². The third-order valence-electron chi connectivity index (χ3n) is 5.17. The largest absolute Gasteiger partial charge is 0.248 e. The normalized spacial score (nSPS) is 18.9. The molecule has 1 heterocycles. The van der Waals surface area contributed by atoms with Crippen LogP contribution in [-0.2, 0) is 0 Å². The third kappa shape index (κ3) is 3.45. The molecular formula is C24H24N2PS+. The van der Waals surface area contributed by atoms with Crippen LogP contribution in [0.2, 0.25) is 0 Å². The Morgan fingerprint density at radius 3 is 1.50 bits per heavy atom. The van der Waals surface area contributed by atoms with Crippen LogP contribution in [0.15, 0.2) is 101 Å². The molecule has 0 aromatic heterocycles. The van der Waals surface area contributed by atoms with Crippen molar-refractivity contribution in [1.82, 2.24) is 0 Å².